The second-order valence-corrected chi connectivity index (χ2v) is 7.76. The van der Waals surface area contributed by atoms with Crippen molar-refractivity contribution in [2.45, 2.75) is 37.8 Å². The van der Waals surface area contributed by atoms with Crippen LogP contribution in [0.4, 0.5) is 0 Å². The van der Waals surface area contributed by atoms with E-state index >= 15 is 0 Å². The molecular weight excluding hydrogens is 354 g/mol. The van der Waals surface area contributed by atoms with Crippen LogP contribution in [-0.2, 0) is 11.2 Å². The first-order chi connectivity index (χ1) is 13.5. The number of aromatic hydroxyl groups is 2. The van der Waals surface area contributed by atoms with E-state index in [0.29, 0.717) is 24.0 Å². The number of aromatic nitrogens is 1. The summed E-state index contributed by atoms with van der Waals surface area (Å²) in [6, 6.07) is 9.29. The van der Waals surface area contributed by atoms with Crippen molar-refractivity contribution in [3.63, 3.8) is 0 Å². The van der Waals surface area contributed by atoms with Gasteiger partial charge in [0.25, 0.3) is 0 Å². The van der Waals surface area contributed by atoms with E-state index in [9.17, 15) is 20.1 Å². The molecule has 0 saturated heterocycles. The van der Waals surface area contributed by atoms with E-state index in [2.05, 4.69) is 6.58 Å². The third-order valence-electron chi connectivity index (χ3n) is 6.16. The number of aliphatic hydroxyl groups excluding tert-OH is 1. The fourth-order valence-corrected chi connectivity index (χ4v) is 4.46. The molecule has 2 aromatic rings. The Morgan fingerprint density at radius 1 is 1.21 bits per heavy atom. The van der Waals surface area contributed by atoms with E-state index in [1.165, 1.54) is 10.6 Å². The molecule has 1 heterocycles. The molecular formula is C23H25NO4. The minimum atomic E-state index is -0.829. The van der Waals surface area contributed by atoms with Crippen LogP contribution in [0.15, 0.2) is 55.1 Å². The van der Waals surface area contributed by atoms with Crippen LogP contribution in [0.5, 0.6) is 11.8 Å². The largest absolute Gasteiger partial charge is 0.494 e. The number of aliphatic hydroxyl groups is 1. The SMILES string of the molecule is C=CC1c2c(c(O)n(C(C)c3ccccc3)c2O)C/C=C/C(=O)C2CC2C1O. The quantitative estimate of drug-likeness (QED) is 0.714. The summed E-state index contributed by atoms with van der Waals surface area (Å²) in [5.41, 5.74) is 1.95. The first kappa shape index (κ1) is 18.6. The molecule has 1 aromatic heterocycles. The van der Waals surface area contributed by atoms with E-state index in [-0.39, 0.29) is 35.4 Å². The molecule has 1 saturated carbocycles. The fourth-order valence-electron chi connectivity index (χ4n) is 4.46. The highest BCUT2D eigenvalue weighted by Gasteiger charge is 2.49. The number of allylic oxidation sites excluding steroid dienone is 2. The Hall–Kier alpha value is -2.79. The van der Waals surface area contributed by atoms with Gasteiger partial charge in [-0.15, -0.1) is 6.58 Å². The van der Waals surface area contributed by atoms with Crippen molar-refractivity contribution in [1.82, 2.24) is 4.57 Å². The van der Waals surface area contributed by atoms with Crippen molar-refractivity contribution in [2.75, 3.05) is 0 Å². The Morgan fingerprint density at radius 2 is 1.93 bits per heavy atom. The zero-order valence-corrected chi connectivity index (χ0v) is 15.8. The maximum absolute atomic E-state index is 12.2. The average molecular weight is 379 g/mol. The second kappa shape index (κ2) is 6.99. The molecule has 146 valence electrons. The van der Waals surface area contributed by atoms with Gasteiger partial charge in [-0.2, -0.15) is 0 Å². The topological polar surface area (TPSA) is 82.7 Å². The Bertz CT molecular complexity index is 943. The smallest absolute Gasteiger partial charge is 0.198 e. The standard InChI is InChI=1S/C23H25NO4/c1-3-15-20-16(10-7-11-19(25)17-12-18(17)21(15)26)22(27)24(23(20)28)13(2)14-8-5-4-6-9-14/h3-9,11,13,15,17-18,21,26-28H,1,10,12H2,2H3/b11-7+. The van der Waals surface area contributed by atoms with Crippen LogP contribution in [0.3, 0.4) is 0 Å². The van der Waals surface area contributed by atoms with Crippen LogP contribution >= 0.6 is 0 Å². The monoisotopic (exact) mass is 379 g/mol. The fraction of sp³-hybridized carbons (Fsp3) is 0.348. The molecule has 1 aromatic carbocycles. The lowest BCUT2D eigenvalue weighted by molar-refractivity contribution is -0.116. The van der Waals surface area contributed by atoms with E-state index in [4.69, 9.17) is 0 Å². The van der Waals surface area contributed by atoms with Crippen LogP contribution in [0.1, 0.15) is 42.0 Å². The molecule has 3 N–H and O–H groups in total. The number of rotatable bonds is 3. The lowest BCUT2D eigenvalue weighted by Crippen LogP contribution is -2.22. The average Bonchev–Trinajstić information content (AvgIpc) is 3.46. The molecule has 5 atom stereocenters. The highest BCUT2D eigenvalue weighted by Crippen LogP contribution is 2.51. The lowest BCUT2D eigenvalue weighted by atomic mass is 9.87. The van der Waals surface area contributed by atoms with Crippen LogP contribution in [0.2, 0.25) is 0 Å². The molecule has 5 heteroatoms. The van der Waals surface area contributed by atoms with Gasteiger partial charge < -0.3 is 15.3 Å². The van der Waals surface area contributed by atoms with Gasteiger partial charge in [0.2, 0.25) is 0 Å². The van der Waals surface area contributed by atoms with Crippen molar-refractivity contribution in [1.29, 1.82) is 0 Å². The zero-order valence-electron chi connectivity index (χ0n) is 15.8. The first-order valence-electron chi connectivity index (χ1n) is 9.66. The molecule has 2 aliphatic carbocycles. The number of carbonyl (C=O) groups excluding carboxylic acids is 1. The van der Waals surface area contributed by atoms with Gasteiger partial charge in [0.15, 0.2) is 17.5 Å². The van der Waals surface area contributed by atoms with Crippen LogP contribution in [-0.4, -0.2) is 31.8 Å². The van der Waals surface area contributed by atoms with Crippen molar-refractivity contribution in [3.05, 3.63) is 71.8 Å². The van der Waals surface area contributed by atoms with Gasteiger partial charge in [-0.05, 0) is 37.3 Å². The summed E-state index contributed by atoms with van der Waals surface area (Å²) in [7, 11) is 0. The summed E-state index contributed by atoms with van der Waals surface area (Å²) < 4.78 is 1.49. The van der Waals surface area contributed by atoms with Crippen LogP contribution in [0.25, 0.3) is 0 Å². The van der Waals surface area contributed by atoms with Crippen molar-refractivity contribution in [2.24, 2.45) is 11.8 Å². The summed E-state index contributed by atoms with van der Waals surface area (Å²) in [4.78, 5) is 12.2. The van der Waals surface area contributed by atoms with Crippen LogP contribution in [0, 0.1) is 11.8 Å². The third-order valence-corrected chi connectivity index (χ3v) is 6.16. The van der Waals surface area contributed by atoms with Gasteiger partial charge >= 0.3 is 0 Å². The minimum absolute atomic E-state index is 0.0103. The maximum atomic E-state index is 12.2. The van der Waals surface area contributed by atoms with Gasteiger partial charge in [0.05, 0.1) is 12.1 Å². The number of nitrogens with zero attached hydrogens (tertiary/aromatic N) is 1. The Kier molecular flexibility index (Phi) is 4.63. The highest BCUT2D eigenvalue weighted by molar-refractivity contribution is 5.94. The maximum Gasteiger partial charge on any atom is 0.198 e. The molecule has 0 spiro atoms. The summed E-state index contributed by atoms with van der Waals surface area (Å²) in [6.07, 6.45) is 4.96. The summed E-state index contributed by atoms with van der Waals surface area (Å²) in [5.74, 6) is -0.979. The summed E-state index contributed by atoms with van der Waals surface area (Å²) in [5, 5.41) is 33.0. The van der Waals surface area contributed by atoms with E-state index in [1.807, 2.05) is 37.3 Å². The third kappa shape index (κ3) is 2.87. The molecule has 28 heavy (non-hydrogen) atoms. The molecule has 0 amide bonds. The molecule has 2 aliphatic rings. The number of ketones is 1. The van der Waals surface area contributed by atoms with E-state index in [1.54, 1.807) is 12.2 Å². The molecule has 1 fully saturated rings. The summed E-state index contributed by atoms with van der Waals surface area (Å²) >= 11 is 0. The van der Waals surface area contributed by atoms with Crippen LogP contribution < -0.4 is 0 Å². The predicted molar refractivity (Wildman–Crippen MR) is 106 cm³/mol. The van der Waals surface area contributed by atoms with Gasteiger partial charge in [-0.3, -0.25) is 9.36 Å². The number of hydrogen-bond donors (Lipinski definition) is 3. The van der Waals surface area contributed by atoms with Crippen molar-refractivity contribution >= 4 is 5.78 Å². The number of benzene rings is 1. The van der Waals surface area contributed by atoms with Gasteiger partial charge in [-0.25, -0.2) is 0 Å². The van der Waals surface area contributed by atoms with E-state index < -0.39 is 12.0 Å². The number of fused-ring (bicyclic) bond motifs is 2. The Labute approximate surface area is 164 Å². The number of carbonyl (C=O) groups is 1. The van der Waals surface area contributed by atoms with Crippen molar-refractivity contribution in [3.8, 4) is 11.8 Å². The molecule has 0 aliphatic heterocycles. The highest BCUT2D eigenvalue weighted by atomic mass is 16.3. The molecule has 0 radical (unpaired) electrons. The predicted octanol–water partition coefficient (Wildman–Crippen LogP) is 3.46. The summed E-state index contributed by atoms with van der Waals surface area (Å²) in [6.45, 7) is 5.75. The minimum Gasteiger partial charge on any atom is -0.494 e. The van der Waals surface area contributed by atoms with Gasteiger partial charge in [-0.1, -0.05) is 42.5 Å². The zero-order chi connectivity index (χ0) is 20.0. The Morgan fingerprint density at radius 3 is 2.61 bits per heavy atom. The molecule has 0 bridgehead atoms. The second-order valence-electron chi connectivity index (χ2n) is 7.76. The normalized spacial score (nSPS) is 28.7. The van der Waals surface area contributed by atoms with Crippen molar-refractivity contribution < 1.29 is 20.1 Å². The number of hydrogen-bond acceptors (Lipinski definition) is 4. The first-order valence-corrected chi connectivity index (χ1v) is 9.66. The molecule has 5 unspecified atom stereocenters. The lowest BCUT2D eigenvalue weighted by Gasteiger charge is -2.22. The van der Waals surface area contributed by atoms with E-state index in [0.717, 1.165) is 5.56 Å². The van der Waals surface area contributed by atoms with Gasteiger partial charge in [0.1, 0.15) is 0 Å². The Balaban J connectivity index is 1.86. The molecule has 4 rings (SSSR count). The van der Waals surface area contributed by atoms with Gasteiger partial charge in [0, 0.05) is 23.0 Å². The molecule has 5 nitrogen and oxygen atoms in total.